The molecule has 98 valence electrons. The topological polar surface area (TPSA) is 34.4 Å². The molecule has 0 fully saturated rings. The Bertz CT molecular complexity index is 549. The van der Waals surface area contributed by atoms with Crippen LogP contribution in [0.1, 0.15) is 32.1 Å². The van der Waals surface area contributed by atoms with Crippen LogP contribution in [0, 0.1) is 6.92 Å². The third-order valence-electron chi connectivity index (χ3n) is 3.02. The van der Waals surface area contributed by atoms with Crippen molar-refractivity contribution >= 4 is 11.0 Å². The van der Waals surface area contributed by atoms with Crippen LogP contribution in [0.2, 0.25) is 0 Å². The fourth-order valence-electron chi connectivity index (χ4n) is 1.89. The highest BCUT2D eigenvalue weighted by Crippen LogP contribution is 2.28. The Morgan fingerprint density at radius 3 is 2.61 bits per heavy atom. The molecule has 0 atom stereocenters. The number of nitrogens with one attached hydrogen (secondary N) is 1. The molecule has 1 aromatic carbocycles. The second-order valence-electron chi connectivity index (χ2n) is 5.62. The van der Waals surface area contributed by atoms with Gasteiger partial charge in [0, 0.05) is 10.9 Å². The summed E-state index contributed by atoms with van der Waals surface area (Å²) in [7, 11) is 1.68. The zero-order valence-corrected chi connectivity index (χ0v) is 11.8. The van der Waals surface area contributed by atoms with Gasteiger partial charge in [-0.1, -0.05) is 0 Å². The van der Waals surface area contributed by atoms with Crippen molar-refractivity contribution in [2.24, 2.45) is 0 Å². The minimum Gasteiger partial charge on any atom is -0.497 e. The summed E-state index contributed by atoms with van der Waals surface area (Å²) in [6.07, 6.45) is 0. The van der Waals surface area contributed by atoms with E-state index in [4.69, 9.17) is 9.15 Å². The van der Waals surface area contributed by atoms with Crippen molar-refractivity contribution in [2.75, 3.05) is 7.11 Å². The number of benzene rings is 1. The maximum Gasteiger partial charge on any atom is 0.134 e. The van der Waals surface area contributed by atoms with Crippen molar-refractivity contribution in [3.8, 4) is 5.75 Å². The van der Waals surface area contributed by atoms with Crippen LogP contribution in [-0.2, 0) is 6.54 Å². The Labute approximate surface area is 108 Å². The maximum absolute atomic E-state index is 5.88. The molecule has 0 aliphatic carbocycles. The highest BCUT2D eigenvalue weighted by atomic mass is 16.5. The Morgan fingerprint density at radius 2 is 2.00 bits per heavy atom. The van der Waals surface area contributed by atoms with Crippen molar-refractivity contribution in [1.82, 2.24) is 5.32 Å². The Balaban J connectivity index is 2.32. The average Bonchev–Trinajstić information content (AvgIpc) is 2.62. The van der Waals surface area contributed by atoms with Crippen LogP contribution in [0.25, 0.3) is 11.0 Å². The lowest BCUT2D eigenvalue weighted by Gasteiger charge is -2.19. The Hall–Kier alpha value is -1.48. The van der Waals surface area contributed by atoms with Crippen molar-refractivity contribution in [2.45, 2.75) is 39.8 Å². The molecule has 0 saturated carbocycles. The maximum atomic E-state index is 5.88. The number of hydrogen-bond donors (Lipinski definition) is 1. The minimum atomic E-state index is 0.0864. The van der Waals surface area contributed by atoms with E-state index in [1.807, 2.05) is 18.2 Å². The molecule has 0 spiro atoms. The van der Waals surface area contributed by atoms with Gasteiger partial charge in [-0.25, -0.2) is 0 Å². The predicted octanol–water partition coefficient (Wildman–Crippen LogP) is 3.64. The van der Waals surface area contributed by atoms with E-state index >= 15 is 0 Å². The van der Waals surface area contributed by atoms with Crippen molar-refractivity contribution in [1.29, 1.82) is 0 Å². The van der Waals surface area contributed by atoms with Crippen molar-refractivity contribution < 1.29 is 9.15 Å². The summed E-state index contributed by atoms with van der Waals surface area (Å²) in [5.74, 6) is 1.86. The lowest BCUT2D eigenvalue weighted by atomic mass is 10.1. The molecular weight excluding hydrogens is 226 g/mol. The van der Waals surface area contributed by atoms with E-state index < -0.39 is 0 Å². The molecule has 18 heavy (non-hydrogen) atoms. The molecule has 0 aliphatic rings. The van der Waals surface area contributed by atoms with E-state index in [2.05, 4.69) is 33.0 Å². The van der Waals surface area contributed by atoms with Crippen molar-refractivity contribution in [3.63, 3.8) is 0 Å². The van der Waals surface area contributed by atoms with Gasteiger partial charge in [-0.2, -0.15) is 0 Å². The first-order chi connectivity index (χ1) is 8.40. The summed E-state index contributed by atoms with van der Waals surface area (Å²) in [6, 6.07) is 5.91. The molecule has 3 nitrogen and oxygen atoms in total. The van der Waals surface area contributed by atoms with Crippen LogP contribution < -0.4 is 10.1 Å². The summed E-state index contributed by atoms with van der Waals surface area (Å²) in [5, 5.41) is 4.57. The zero-order chi connectivity index (χ0) is 13.3. The normalized spacial score (nSPS) is 12.1. The average molecular weight is 247 g/mol. The Kier molecular flexibility index (Phi) is 3.35. The van der Waals surface area contributed by atoms with Gasteiger partial charge in [0.2, 0.25) is 0 Å². The predicted molar refractivity (Wildman–Crippen MR) is 74.1 cm³/mol. The molecule has 3 heteroatoms. The molecule has 0 saturated heterocycles. The number of fused-ring (bicyclic) bond motifs is 1. The third kappa shape index (κ3) is 2.67. The van der Waals surface area contributed by atoms with Crippen LogP contribution in [0.5, 0.6) is 5.75 Å². The zero-order valence-electron chi connectivity index (χ0n) is 11.8. The van der Waals surface area contributed by atoms with Gasteiger partial charge in [-0.15, -0.1) is 0 Å². The smallest absolute Gasteiger partial charge is 0.134 e. The van der Waals surface area contributed by atoms with E-state index in [0.717, 1.165) is 29.0 Å². The molecular formula is C15H21NO2. The van der Waals surface area contributed by atoms with Crippen LogP contribution in [0.4, 0.5) is 0 Å². The molecule has 0 unspecified atom stereocenters. The molecule has 1 aromatic heterocycles. The molecule has 0 amide bonds. The standard InChI is InChI=1S/C15H21NO2/c1-10-12-8-11(17-5)6-7-13(12)18-14(10)9-16-15(2,3)4/h6-8,16H,9H2,1-5H3. The van der Waals surface area contributed by atoms with Gasteiger partial charge in [0.15, 0.2) is 0 Å². The van der Waals surface area contributed by atoms with Crippen molar-refractivity contribution in [3.05, 3.63) is 29.5 Å². The summed E-state index contributed by atoms with van der Waals surface area (Å²) in [4.78, 5) is 0. The highest BCUT2D eigenvalue weighted by molar-refractivity contribution is 5.83. The first kappa shape index (κ1) is 13.0. The monoisotopic (exact) mass is 247 g/mol. The quantitative estimate of drug-likeness (QED) is 0.899. The van der Waals surface area contributed by atoms with Gasteiger partial charge >= 0.3 is 0 Å². The minimum absolute atomic E-state index is 0.0864. The van der Waals surface area contributed by atoms with E-state index in [-0.39, 0.29) is 5.54 Å². The van der Waals surface area contributed by atoms with Gasteiger partial charge in [-0.05, 0) is 51.5 Å². The van der Waals surface area contributed by atoms with Gasteiger partial charge in [0.25, 0.3) is 0 Å². The van der Waals surface area contributed by atoms with E-state index in [0.29, 0.717) is 0 Å². The second-order valence-corrected chi connectivity index (χ2v) is 5.62. The molecule has 1 heterocycles. The summed E-state index contributed by atoms with van der Waals surface area (Å²) < 4.78 is 11.1. The summed E-state index contributed by atoms with van der Waals surface area (Å²) in [6.45, 7) is 9.27. The van der Waals surface area contributed by atoms with Crippen LogP contribution in [0.15, 0.2) is 22.6 Å². The van der Waals surface area contributed by atoms with Gasteiger partial charge in [0.1, 0.15) is 17.1 Å². The number of furan rings is 1. The van der Waals surface area contributed by atoms with Gasteiger partial charge in [0.05, 0.1) is 13.7 Å². The van der Waals surface area contributed by atoms with Crippen LogP contribution >= 0.6 is 0 Å². The second kappa shape index (κ2) is 4.65. The number of aryl methyl sites for hydroxylation is 1. The fourth-order valence-corrected chi connectivity index (χ4v) is 1.89. The molecule has 0 aliphatic heterocycles. The summed E-state index contributed by atoms with van der Waals surface area (Å²) >= 11 is 0. The van der Waals surface area contributed by atoms with Gasteiger partial charge < -0.3 is 14.5 Å². The molecule has 0 bridgehead atoms. The lowest BCUT2D eigenvalue weighted by molar-refractivity contribution is 0.394. The van der Waals surface area contributed by atoms with Gasteiger partial charge in [-0.3, -0.25) is 0 Å². The SMILES string of the molecule is COc1ccc2oc(CNC(C)(C)C)c(C)c2c1. The van der Waals surface area contributed by atoms with E-state index in [9.17, 15) is 0 Å². The third-order valence-corrected chi connectivity index (χ3v) is 3.02. The van der Waals surface area contributed by atoms with E-state index in [1.54, 1.807) is 7.11 Å². The molecule has 0 radical (unpaired) electrons. The number of methoxy groups -OCH3 is 1. The van der Waals surface area contributed by atoms with E-state index in [1.165, 1.54) is 5.56 Å². The first-order valence-electron chi connectivity index (χ1n) is 6.22. The number of rotatable bonds is 3. The lowest BCUT2D eigenvalue weighted by Crippen LogP contribution is -2.35. The molecule has 1 N–H and O–H groups in total. The number of ether oxygens (including phenoxy) is 1. The fraction of sp³-hybridized carbons (Fsp3) is 0.467. The largest absolute Gasteiger partial charge is 0.497 e. The highest BCUT2D eigenvalue weighted by Gasteiger charge is 2.14. The Morgan fingerprint density at radius 1 is 1.28 bits per heavy atom. The van der Waals surface area contributed by atoms with Crippen LogP contribution in [-0.4, -0.2) is 12.6 Å². The number of hydrogen-bond acceptors (Lipinski definition) is 3. The molecule has 2 aromatic rings. The first-order valence-corrected chi connectivity index (χ1v) is 6.22. The summed E-state index contributed by atoms with van der Waals surface area (Å²) in [5.41, 5.74) is 2.18. The van der Waals surface area contributed by atoms with Crippen LogP contribution in [0.3, 0.4) is 0 Å². The molecule has 2 rings (SSSR count).